The maximum absolute atomic E-state index is 13.1. The minimum Gasteiger partial charge on any atom is -0.370 e. The molecule has 16 heteroatoms. The summed E-state index contributed by atoms with van der Waals surface area (Å²) in [6.45, 7) is 0.258. The molecule has 0 bridgehead atoms. The highest BCUT2D eigenvalue weighted by molar-refractivity contribution is 7.66. The Morgan fingerprint density at radius 2 is 1.59 bits per heavy atom. The van der Waals surface area contributed by atoms with Gasteiger partial charge in [-0.1, -0.05) is 6.92 Å². The zero-order valence-corrected chi connectivity index (χ0v) is 14.0. The minimum atomic E-state index is -5.66. The van der Waals surface area contributed by atoms with Gasteiger partial charge in [0.15, 0.2) is 0 Å². The number of hydrogen-bond donors (Lipinski definition) is 5. The van der Waals surface area contributed by atoms with Gasteiger partial charge in [-0.05, 0) is 6.42 Å². The highest BCUT2D eigenvalue weighted by Crippen LogP contribution is 2.66. The fourth-order valence-corrected chi connectivity index (χ4v) is 4.21. The molecule has 2 unspecified atom stereocenters. The van der Waals surface area contributed by atoms with E-state index in [0.29, 0.717) is 0 Å². The van der Waals surface area contributed by atoms with Gasteiger partial charge in [-0.15, -0.1) is 0 Å². The van der Waals surface area contributed by atoms with Crippen LogP contribution in [-0.4, -0.2) is 50.4 Å². The molecular formula is C6H16FO12P3. The van der Waals surface area contributed by atoms with Gasteiger partial charge in [0.05, 0.1) is 6.61 Å². The van der Waals surface area contributed by atoms with Crippen LogP contribution < -0.4 is 0 Å². The van der Waals surface area contributed by atoms with Crippen molar-refractivity contribution in [2.75, 3.05) is 13.7 Å². The molecule has 0 saturated heterocycles. The van der Waals surface area contributed by atoms with Crippen LogP contribution in [0.4, 0.5) is 4.39 Å². The summed E-state index contributed by atoms with van der Waals surface area (Å²) in [5.41, 5.74) is -2.06. The summed E-state index contributed by atoms with van der Waals surface area (Å²) in [7, 11) is -15.6. The van der Waals surface area contributed by atoms with E-state index in [0.717, 1.165) is 7.11 Å². The molecule has 0 aliphatic carbocycles. The van der Waals surface area contributed by atoms with E-state index in [9.17, 15) is 18.1 Å². The van der Waals surface area contributed by atoms with Crippen molar-refractivity contribution in [3.05, 3.63) is 0 Å². The van der Waals surface area contributed by atoms with Gasteiger partial charge >= 0.3 is 23.5 Å². The van der Waals surface area contributed by atoms with Gasteiger partial charge in [0.25, 0.3) is 0 Å². The number of ether oxygens (including phenoxy) is 1. The second-order valence-electron chi connectivity index (χ2n) is 3.82. The highest BCUT2D eigenvalue weighted by atomic mass is 31.3. The number of aliphatic hydroxyl groups excluding tert-OH is 1. The molecule has 0 amide bonds. The van der Waals surface area contributed by atoms with Crippen LogP contribution in [0.3, 0.4) is 0 Å². The molecule has 0 aromatic carbocycles. The summed E-state index contributed by atoms with van der Waals surface area (Å²) in [5.74, 6) is 0. The SMILES string of the molecule is CC[C@](COP(=O)(O)OP(=O)(O)OP(=O)(O)O)(OC)[C@@H](O)F. The van der Waals surface area contributed by atoms with Gasteiger partial charge in [0.2, 0.25) is 6.36 Å². The number of rotatable bonds is 10. The van der Waals surface area contributed by atoms with E-state index in [2.05, 4.69) is 17.9 Å². The third-order valence-corrected chi connectivity index (χ3v) is 6.11. The molecular weight excluding hydrogens is 376 g/mol. The van der Waals surface area contributed by atoms with Crippen LogP contribution in [0.25, 0.3) is 0 Å². The van der Waals surface area contributed by atoms with E-state index in [1.165, 1.54) is 6.92 Å². The lowest BCUT2D eigenvalue weighted by Crippen LogP contribution is -2.45. The van der Waals surface area contributed by atoms with Gasteiger partial charge in [-0.3, -0.25) is 4.52 Å². The zero-order chi connectivity index (χ0) is 17.8. The van der Waals surface area contributed by atoms with Gasteiger partial charge in [0, 0.05) is 7.11 Å². The maximum Gasteiger partial charge on any atom is 0.490 e. The molecule has 0 aliphatic heterocycles. The Morgan fingerprint density at radius 3 is 1.91 bits per heavy atom. The number of aliphatic hydroxyl groups is 1. The van der Waals surface area contributed by atoms with E-state index >= 15 is 0 Å². The van der Waals surface area contributed by atoms with Gasteiger partial charge in [-0.25, -0.2) is 18.1 Å². The lowest BCUT2D eigenvalue weighted by atomic mass is 10.0. The number of methoxy groups -OCH3 is 1. The third kappa shape index (κ3) is 7.69. The molecule has 0 saturated carbocycles. The van der Waals surface area contributed by atoms with Crippen molar-refractivity contribution < 1.29 is 60.6 Å². The van der Waals surface area contributed by atoms with E-state index in [1.54, 1.807) is 0 Å². The first-order chi connectivity index (χ1) is 9.69. The monoisotopic (exact) mass is 392 g/mol. The number of phosphoric ester groups is 1. The number of phosphoric acid groups is 3. The van der Waals surface area contributed by atoms with Crippen LogP contribution in [0.15, 0.2) is 0 Å². The molecule has 22 heavy (non-hydrogen) atoms. The maximum atomic E-state index is 13.1. The van der Waals surface area contributed by atoms with Crippen molar-refractivity contribution in [1.82, 2.24) is 0 Å². The molecule has 0 aromatic rings. The Hall–Kier alpha value is 0.260. The Labute approximate surface area is 124 Å². The van der Waals surface area contributed by atoms with Crippen molar-refractivity contribution in [1.29, 1.82) is 0 Å². The molecule has 0 aliphatic rings. The smallest absolute Gasteiger partial charge is 0.370 e. The Balaban J connectivity index is 4.95. The van der Waals surface area contributed by atoms with Crippen molar-refractivity contribution >= 4 is 23.5 Å². The Kier molecular flexibility index (Phi) is 7.98. The summed E-state index contributed by atoms with van der Waals surface area (Å²) in [6.07, 6.45) is -2.86. The normalized spacial score (nSPS) is 22.4. The van der Waals surface area contributed by atoms with Crippen LogP contribution >= 0.6 is 23.5 Å². The number of hydrogen-bond acceptors (Lipinski definition) is 8. The third-order valence-electron chi connectivity index (χ3n) is 2.33. The predicted octanol–water partition coefficient (Wildman–Crippen LogP) is 0.413. The first kappa shape index (κ1) is 22.3. The van der Waals surface area contributed by atoms with Gasteiger partial charge in [-0.2, -0.15) is 8.62 Å². The summed E-state index contributed by atoms with van der Waals surface area (Å²) < 4.78 is 61.6. The molecule has 5 N–H and O–H groups in total. The zero-order valence-electron chi connectivity index (χ0n) is 11.3. The van der Waals surface area contributed by atoms with E-state index < -0.39 is 42.0 Å². The lowest BCUT2D eigenvalue weighted by Gasteiger charge is -2.31. The van der Waals surface area contributed by atoms with Crippen LogP contribution in [0.1, 0.15) is 13.3 Å². The van der Waals surface area contributed by atoms with Crippen LogP contribution in [0, 0.1) is 0 Å². The van der Waals surface area contributed by atoms with Crippen molar-refractivity contribution in [3.8, 4) is 0 Å². The molecule has 0 radical (unpaired) electrons. The molecule has 12 nitrogen and oxygen atoms in total. The first-order valence-electron chi connectivity index (χ1n) is 5.34. The summed E-state index contributed by atoms with van der Waals surface area (Å²) >= 11 is 0. The fraction of sp³-hybridized carbons (Fsp3) is 1.00. The molecule has 0 aromatic heterocycles. The quantitative estimate of drug-likeness (QED) is 0.323. The van der Waals surface area contributed by atoms with Crippen LogP contribution in [-0.2, 0) is 31.6 Å². The molecule has 0 rings (SSSR count). The number of halogens is 1. The van der Waals surface area contributed by atoms with Crippen molar-refractivity contribution in [2.45, 2.75) is 25.3 Å². The topological polar surface area (TPSA) is 189 Å². The largest absolute Gasteiger partial charge is 0.490 e. The first-order valence-corrected chi connectivity index (χ1v) is 9.86. The minimum absolute atomic E-state index is 0.225. The van der Waals surface area contributed by atoms with Crippen LogP contribution in [0.5, 0.6) is 0 Å². The predicted molar refractivity (Wildman–Crippen MR) is 67.0 cm³/mol. The Bertz CT molecular complexity index is 497. The molecule has 4 atom stereocenters. The molecule has 134 valence electrons. The molecule has 0 spiro atoms. The second kappa shape index (κ2) is 7.89. The summed E-state index contributed by atoms with van der Waals surface area (Å²) in [4.78, 5) is 34.7. The number of alkyl halides is 1. The Morgan fingerprint density at radius 1 is 1.09 bits per heavy atom. The van der Waals surface area contributed by atoms with E-state index in [4.69, 9.17) is 24.7 Å². The van der Waals surface area contributed by atoms with Crippen molar-refractivity contribution in [2.24, 2.45) is 0 Å². The molecule has 0 fully saturated rings. The van der Waals surface area contributed by atoms with Gasteiger partial charge in [0.1, 0.15) is 5.60 Å². The fourth-order valence-electron chi connectivity index (χ4n) is 1.13. The average Bonchev–Trinajstić information content (AvgIpc) is 2.25. The second-order valence-corrected chi connectivity index (χ2v) is 8.24. The van der Waals surface area contributed by atoms with Crippen LogP contribution in [0.2, 0.25) is 0 Å². The standard InChI is InChI=1S/C6H16FO12P3/c1-3-6(16-2,5(7)8)4-17-21(12,13)19-22(14,15)18-20(9,10)11/h5,8H,3-4H2,1-2H3,(H,12,13)(H,14,15)(H2,9,10,11)/t5-,6-/m1/s1. The van der Waals surface area contributed by atoms with E-state index in [1.807, 2.05) is 0 Å². The summed E-state index contributed by atoms with van der Waals surface area (Å²) in [6, 6.07) is 0. The van der Waals surface area contributed by atoms with Gasteiger partial charge < -0.3 is 29.4 Å². The molecule has 0 heterocycles. The van der Waals surface area contributed by atoms with Crippen molar-refractivity contribution in [3.63, 3.8) is 0 Å². The van der Waals surface area contributed by atoms with E-state index in [-0.39, 0.29) is 6.42 Å². The average molecular weight is 392 g/mol. The lowest BCUT2D eigenvalue weighted by molar-refractivity contribution is -0.177. The highest BCUT2D eigenvalue weighted by Gasteiger charge is 2.44. The summed E-state index contributed by atoms with van der Waals surface area (Å²) in [5, 5.41) is 8.93.